The van der Waals surface area contributed by atoms with Crippen LogP contribution < -0.4 is 10.6 Å². The quantitative estimate of drug-likeness (QED) is 0.786. The molecule has 3 nitrogen and oxygen atoms in total. The first-order valence-electron chi connectivity index (χ1n) is 8.65. The van der Waals surface area contributed by atoms with Gasteiger partial charge in [0.2, 0.25) is 0 Å². The van der Waals surface area contributed by atoms with Crippen LogP contribution >= 0.6 is 0 Å². The summed E-state index contributed by atoms with van der Waals surface area (Å²) in [6.07, 6.45) is 8.36. The van der Waals surface area contributed by atoms with E-state index in [2.05, 4.69) is 22.1 Å². The molecule has 0 amide bonds. The van der Waals surface area contributed by atoms with E-state index in [4.69, 9.17) is 0 Å². The Bertz CT molecular complexity index is 642. The smallest absolute Gasteiger partial charge is 0.123 e. The van der Waals surface area contributed by atoms with E-state index in [9.17, 15) is 4.39 Å². The largest absolute Gasteiger partial charge is 0.393 e. The molecule has 0 saturated carbocycles. The lowest BCUT2D eigenvalue weighted by Crippen LogP contribution is -2.55. The number of fused-ring (bicyclic) bond motifs is 3. The lowest BCUT2D eigenvalue weighted by Gasteiger charge is -2.45. The first kappa shape index (κ1) is 16.8. The van der Waals surface area contributed by atoms with Crippen LogP contribution in [-0.4, -0.2) is 37.6 Å². The average Bonchev–Trinajstić information content (AvgIpc) is 2.59. The fourth-order valence-corrected chi connectivity index (χ4v) is 3.62. The molecule has 3 fully saturated rings. The summed E-state index contributed by atoms with van der Waals surface area (Å²) in [5.74, 6) is 0.523. The van der Waals surface area contributed by atoms with E-state index in [0.717, 1.165) is 29.3 Å². The van der Waals surface area contributed by atoms with Gasteiger partial charge in [0.25, 0.3) is 0 Å². The van der Waals surface area contributed by atoms with Crippen molar-refractivity contribution in [2.45, 2.75) is 18.9 Å². The van der Waals surface area contributed by atoms with Crippen molar-refractivity contribution in [2.75, 3.05) is 26.7 Å². The lowest BCUT2D eigenvalue weighted by molar-refractivity contribution is 0.0777. The number of piperidine rings is 3. The van der Waals surface area contributed by atoms with Crippen LogP contribution in [-0.2, 0) is 0 Å². The predicted molar refractivity (Wildman–Crippen MR) is 97.8 cm³/mol. The van der Waals surface area contributed by atoms with Gasteiger partial charge in [-0.1, -0.05) is 30.9 Å². The van der Waals surface area contributed by atoms with Crippen molar-refractivity contribution in [3.05, 3.63) is 65.8 Å². The van der Waals surface area contributed by atoms with E-state index in [1.807, 2.05) is 31.5 Å². The molecule has 2 bridgehead atoms. The second kappa shape index (κ2) is 7.67. The van der Waals surface area contributed by atoms with Gasteiger partial charge >= 0.3 is 0 Å². The molecule has 1 atom stereocenters. The highest BCUT2D eigenvalue weighted by Gasteiger charge is 2.34. The van der Waals surface area contributed by atoms with Gasteiger partial charge < -0.3 is 15.5 Å². The van der Waals surface area contributed by atoms with Gasteiger partial charge in [0.05, 0.1) is 0 Å². The van der Waals surface area contributed by atoms with Crippen LogP contribution in [0.5, 0.6) is 0 Å². The Morgan fingerprint density at radius 3 is 2.75 bits per heavy atom. The van der Waals surface area contributed by atoms with Crippen LogP contribution in [0, 0.1) is 11.7 Å². The van der Waals surface area contributed by atoms with Gasteiger partial charge in [-0.25, -0.2) is 4.39 Å². The summed E-state index contributed by atoms with van der Waals surface area (Å²) in [4.78, 5) is 2.52. The molecule has 128 valence electrons. The molecule has 3 saturated heterocycles. The maximum Gasteiger partial charge on any atom is 0.123 e. The summed E-state index contributed by atoms with van der Waals surface area (Å²) in [6.45, 7) is 7.78. The summed E-state index contributed by atoms with van der Waals surface area (Å²) in [5.41, 5.74) is 2.74. The summed E-state index contributed by atoms with van der Waals surface area (Å²) >= 11 is 0. The topological polar surface area (TPSA) is 27.3 Å². The molecule has 0 aromatic heterocycles. The van der Waals surface area contributed by atoms with Crippen molar-refractivity contribution in [1.29, 1.82) is 0 Å². The normalized spacial score (nSPS) is 26.6. The van der Waals surface area contributed by atoms with Crippen molar-refractivity contribution in [3.63, 3.8) is 0 Å². The molecule has 4 rings (SSSR count). The fourth-order valence-electron chi connectivity index (χ4n) is 3.62. The Morgan fingerprint density at radius 1 is 1.33 bits per heavy atom. The van der Waals surface area contributed by atoms with Crippen LogP contribution in [0.25, 0.3) is 6.08 Å². The molecule has 24 heavy (non-hydrogen) atoms. The van der Waals surface area contributed by atoms with Gasteiger partial charge in [0.1, 0.15) is 5.82 Å². The van der Waals surface area contributed by atoms with Gasteiger partial charge in [-0.3, -0.25) is 0 Å². The Balaban J connectivity index is 1.66. The molecule has 0 aliphatic carbocycles. The van der Waals surface area contributed by atoms with Crippen molar-refractivity contribution in [1.82, 2.24) is 15.5 Å². The van der Waals surface area contributed by atoms with Gasteiger partial charge in [0.15, 0.2) is 0 Å². The van der Waals surface area contributed by atoms with Crippen molar-refractivity contribution >= 4 is 6.08 Å². The average molecular weight is 327 g/mol. The fraction of sp³-hybridized carbons (Fsp3) is 0.400. The zero-order chi connectivity index (χ0) is 16.9. The third-order valence-corrected chi connectivity index (χ3v) is 4.97. The summed E-state index contributed by atoms with van der Waals surface area (Å²) in [7, 11) is 1.87. The molecule has 0 spiro atoms. The van der Waals surface area contributed by atoms with Crippen LogP contribution in [0.3, 0.4) is 0 Å². The van der Waals surface area contributed by atoms with Crippen LogP contribution in [0.2, 0.25) is 0 Å². The SMILES string of the molecule is C=C(NC1CN2CCC1CC2)C(/C=C\c1cccc(F)c1)=C/NC. The van der Waals surface area contributed by atoms with Crippen LogP contribution in [0.4, 0.5) is 4.39 Å². The first-order valence-corrected chi connectivity index (χ1v) is 8.65. The second-order valence-corrected chi connectivity index (χ2v) is 6.64. The maximum absolute atomic E-state index is 13.3. The van der Waals surface area contributed by atoms with Gasteiger partial charge in [-0.15, -0.1) is 0 Å². The van der Waals surface area contributed by atoms with E-state index in [-0.39, 0.29) is 5.82 Å². The molecule has 1 aromatic carbocycles. The van der Waals surface area contributed by atoms with Crippen LogP contribution in [0.15, 0.2) is 54.4 Å². The summed E-state index contributed by atoms with van der Waals surface area (Å²) in [6, 6.07) is 7.06. The Morgan fingerprint density at radius 2 is 2.12 bits per heavy atom. The second-order valence-electron chi connectivity index (χ2n) is 6.64. The minimum Gasteiger partial charge on any atom is -0.393 e. The zero-order valence-electron chi connectivity index (χ0n) is 14.3. The van der Waals surface area contributed by atoms with E-state index in [1.165, 1.54) is 38.1 Å². The van der Waals surface area contributed by atoms with E-state index < -0.39 is 0 Å². The predicted octanol–water partition coefficient (Wildman–Crippen LogP) is 3.14. The lowest BCUT2D eigenvalue weighted by atomic mass is 9.84. The Labute approximate surface area is 143 Å². The van der Waals surface area contributed by atoms with E-state index >= 15 is 0 Å². The number of benzene rings is 1. The molecule has 1 aromatic rings. The number of halogens is 1. The van der Waals surface area contributed by atoms with Crippen LogP contribution in [0.1, 0.15) is 18.4 Å². The van der Waals surface area contributed by atoms with Crippen molar-refractivity contribution in [2.24, 2.45) is 5.92 Å². The molecule has 4 heteroatoms. The third-order valence-electron chi connectivity index (χ3n) is 4.97. The molecule has 3 aliphatic rings. The Kier molecular flexibility index (Phi) is 5.36. The number of rotatable bonds is 6. The highest BCUT2D eigenvalue weighted by Crippen LogP contribution is 2.28. The van der Waals surface area contributed by atoms with Crippen molar-refractivity contribution in [3.8, 4) is 0 Å². The molecule has 2 N–H and O–H groups in total. The zero-order valence-corrected chi connectivity index (χ0v) is 14.3. The first-order chi connectivity index (χ1) is 11.7. The van der Waals surface area contributed by atoms with Gasteiger partial charge in [-0.05, 0) is 49.5 Å². The number of nitrogens with zero attached hydrogens (tertiary/aromatic N) is 1. The minimum absolute atomic E-state index is 0.222. The van der Waals surface area contributed by atoms with E-state index in [0.29, 0.717) is 6.04 Å². The van der Waals surface area contributed by atoms with E-state index in [1.54, 1.807) is 6.07 Å². The molecule has 3 aliphatic heterocycles. The third kappa shape index (κ3) is 4.06. The summed E-state index contributed by atoms with van der Waals surface area (Å²) in [5, 5.41) is 6.68. The molecule has 1 unspecified atom stereocenters. The highest BCUT2D eigenvalue weighted by atomic mass is 19.1. The highest BCUT2D eigenvalue weighted by molar-refractivity contribution is 5.56. The van der Waals surface area contributed by atoms with Crippen molar-refractivity contribution < 1.29 is 4.39 Å². The molecular formula is C20H26FN3. The minimum atomic E-state index is -0.222. The maximum atomic E-state index is 13.3. The number of hydrogen-bond donors (Lipinski definition) is 2. The van der Waals surface area contributed by atoms with Gasteiger partial charge in [-0.2, -0.15) is 0 Å². The van der Waals surface area contributed by atoms with Gasteiger partial charge in [0, 0.05) is 37.1 Å². The summed E-state index contributed by atoms with van der Waals surface area (Å²) < 4.78 is 13.3. The number of allylic oxidation sites excluding steroid dienone is 1. The molecule has 3 heterocycles. The monoisotopic (exact) mass is 327 g/mol. The molecular weight excluding hydrogens is 301 g/mol. The molecule has 0 radical (unpaired) electrons. The Hall–Kier alpha value is -2.07. The number of hydrogen-bond acceptors (Lipinski definition) is 3. The number of nitrogens with one attached hydrogen (secondary N) is 2. The standard InChI is InChI=1S/C20H26FN3/c1-15(23-20-14-24-10-8-17(20)9-11-24)18(13-22-2)7-6-16-4-3-5-19(21)12-16/h3-7,12-13,17,20,22-23H,1,8-11,14H2,2H3/b7-6-,18-13+.